The van der Waals surface area contributed by atoms with E-state index in [4.69, 9.17) is 37.0 Å². The van der Waals surface area contributed by atoms with E-state index in [-0.39, 0.29) is 25.7 Å². The molecule has 0 aliphatic heterocycles. The molecule has 0 radical (unpaired) electrons. The van der Waals surface area contributed by atoms with Crippen LogP contribution in [0.15, 0.2) is 109 Å². The summed E-state index contributed by atoms with van der Waals surface area (Å²) in [5.41, 5.74) is 0. The van der Waals surface area contributed by atoms with Crippen LogP contribution in [0.1, 0.15) is 374 Å². The molecule has 0 bridgehead atoms. The van der Waals surface area contributed by atoms with Gasteiger partial charge >= 0.3 is 39.5 Å². The molecule has 0 aromatic carbocycles. The first-order valence-corrected chi connectivity index (χ1v) is 46.1. The quantitative estimate of drug-likeness (QED) is 0.0169. The van der Waals surface area contributed by atoms with Crippen molar-refractivity contribution in [1.82, 2.24) is 0 Å². The molecule has 17 nitrogen and oxygen atoms in total. The molecule has 5 atom stereocenters. The van der Waals surface area contributed by atoms with E-state index >= 15 is 0 Å². The molecule has 108 heavy (non-hydrogen) atoms. The molecule has 0 saturated heterocycles. The van der Waals surface area contributed by atoms with Gasteiger partial charge in [0.1, 0.15) is 19.3 Å². The summed E-state index contributed by atoms with van der Waals surface area (Å²) < 4.78 is 68.8. The summed E-state index contributed by atoms with van der Waals surface area (Å²) in [7, 11) is -9.97. The van der Waals surface area contributed by atoms with E-state index in [1.54, 1.807) is 0 Å². The monoisotopic (exact) mass is 1560 g/mol. The number of hydrogen-bond acceptors (Lipinski definition) is 15. The third-order valence-electron chi connectivity index (χ3n) is 18.3. The van der Waals surface area contributed by atoms with Crippen molar-refractivity contribution in [2.24, 2.45) is 0 Å². The van der Waals surface area contributed by atoms with Gasteiger partial charge in [-0.3, -0.25) is 37.3 Å². The molecule has 0 spiro atoms. The van der Waals surface area contributed by atoms with Crippen LogP contribution >= 0.6 is 15.6 Å². The molecule has 0 aromatic rings. The normalized spacial score (nSPS) is 14.3. The lowest BCUT2D eigenvalue weighted by atomic mass is 10.0. The standard InChI is InChI=1S/C89H156O17P2/c1-5-9-13-17-21-25-29-33-37-39-41-43-47-49-53-57-61-65-69-73-86(91)99-79-84(105-88(93)75-71-67-63-59-55-51-45-35-31-27-23-19-15-11-7-3)81-103-107(95,96)101-77-83(90)78-102-108(97,98)104-82-85(106-89(94)76-72-68-64-60-56-52-46-36-32-28-24-20-16-12-8-4)80-100-87(92)74-70-66-62-58-54-50-48-44-42-40-38-34-30-26-22-18-14-10-6-2/h9-10,13-14,21-22,25-26,33-34,37-38,41-44,49,53,83-85,90H,5-8,11-12,15-20,23-24,27-32,35-36,39-40,45-48,50-52,54-82H2,1-4H3,(H,95,96)(H,97,98)/b13-9-,14-10-,25-21-,26-22-,37-33-,38-34-,43-41-,44-42-,53-49-. The molecule has 0 rings (SSSR count). The van der Waals surface area contributed by atoms with Crippen molar-refractivity contribution < 1.29 is 80.2 Å². The van der Waals surface area contributed by atoms with Gasteiger partial charge in [0.25, 0.3) is 0 Å². The lowest BCUT2D eigenvalue weighted by Crippen LogP contribution is -2.30. The predicted molar refractivity (Wildman–Crippen MR) is 445 cm³/mol. The molecule has 19 heteroatoms. The maximum Gasteiger partial charge on any atom is 0.472 e. The number of aliphatic hydroxyl groups is 1. The minimum atomic E-state index is -4.99. The highest BCUT2D eigenvalue weighted by atomic mass is 31.2. The first-order valence-electron chi connectivity index (χ1n) is 43.1. The third-order valence-corrected chi connectivity index (χ3v) is 20.2. The molecule has 0 saturated carbocycles. The van der Waals surface area contributed by atoms with Gasteiger partial charge in [-0.1, -0.05) is 349 Å². The number of carbonyl (C=O) groups is 4. The van der Waals surface area contributed by atoms with E-state index < -0.39 is 97.5 Å². The van der Waals surface area contributed by atoms with Crippen molar-refractivity contribution >= 4 is 39.5 Å². The Morgan fingerprint density at radius 3 is 0.750 bits per heavy atom. The molecule has 0 aliphatic carbocycles. The lowest BCUT2D eigenvalue weighted by Gasteiger charge is -2.21. The van der Waals surface area contributed by atoms with Crippen LogP contribution in [0, 0.1) is 0 Å². The maximum absolute atomic E-state index is 13.1. The molecule has 0 fully saturated rings. The van der Waals surface area contributed by atoms with E-state index in [1.807, 2.05) is 0 Å². The number of rotatable bonds is 81. The second-order valence-electron chi connectivity index (χ2n) is 28.7. The van der Waals surface area contributed by atoms with Gasteiger partial charge in [-0.2, -0.15) is 0 Å². The van der Waals surface area contributed by atoms with Crippen molar-refractivity contribution in [3.63, 3.8) is 0 Å². The molecule has 0 aliphatic rings. The maximum atomic E-state index is 13.1. The van der Waals surface area contributed by atoms with E-state index in [1.165, 1.54) is 128 Å². The summed E-state index contributed by atoms with van der Waals surface area (Å²) in [5.74, 6) is -2.20. The van der Waals surface area contributed by atoms with Gasteiger partial charge < -0.3 is 33.8 Å². The Morgan fingerprint density at radius 2 is 0.481 bits per heavy atom. The van der Waals surface area contributed by atoms with Crippen LogP contribution in [0.5, 0.6) is 0 Å². The Morgan fingerprint density at radius 1 is 0.269 bits per heavy atom. The number of hydrogen-bond donors (Lipinski definition) is 3. The topological polar surface area (TPSA) is 237 Å². The summed E-state index contributed by atoms with van der Waals surface area (Å²) in [6, 6.07) is 0. The highest BCUT2D eigenvalue weighted by molar-refractivity contribution is 7.47. The van der Waals surface area contributed by atoms with Gasteiger partial charge in [-0.25, -0.2) is 9.13 Å². The summed E-state index contributed by atoms with van der Waals surface area (Å²) >= 11 is 0. The highest BCUT2D eigenvalue weighted by Crippen LogP contribution is 2.45. The van der Waals surface area contributed by atoms with Crippen LogP contribution < -0.4 is 0 Å². The van der Waals surface area contributed by atoms with Gasteiger partial charge in [0, 0.05) is 25.7 Å². The Kier molecular flexibility index (Phi) is 77.6. The van der Waals surface area contributed by atoms with Crippen LogP contribution in [-0.4, -0.2) is 96.7 Å². The first kappa shape index (κ1) is 104. The zero-order valence-corrected chi connectivity index (χ0v) is 70.3. The summed E-state index contributed by atoms with van der Waals surface area (Å²) in [6.45, 7) is 4.68. The number of unbranched alkanes of at least 4 members (excludes halogenated alkanes) is 37. The number of ether oxygens (including phenoxy) is 4. The van der Waals surface area contributed by atoms with Gasteiger partial charge in [0.05, 0.1) is 26.4 Å². The SMILES string of the molecule is CC/C=C\C/C=C\C/C=C\C/C=C\C/C=C\CCCCCC(=O)OCC(COP(=O)(O)OCC(O)COP(=O)(O)OCC(COC(=O)CCCCCCCC/C=C\C/C=C\C/C=C\C/C=C\CC)OC(=O)CCCCCCCCCCCCCCCCC)OC(=O)CCCCCCCCCCCCCCCCC. The van der Waals surface area contributed by atoms with E-state index in [0.29, 0.717) is 25.7 Å². The fraction of sp³-hybridized carbons (Fsp3) is 0.753. The van der Waals surface area contributed by atoms with Crippen molar-refractivity contribution in [1.29, 1.82) is 0 Å². The molecule has 3 N–H and O–H groups in total. The molecular formula is C89H156O17P2. The van der Waals surface area contributed by atoms with Crippen LogP contribution in [0.3, 0.4) is 0 Å². The summed E-state index contributed by atoms with van der Waals surface area (Å²) in [6.07, 6.45) is 89.0. The molecule has 5 unspecified atom stereocenters. The van der Waals surface area contributed by atoms with Gasteiger partial charge in [0.15, 0.2) is 12.2 Å². The Hall–Kier alpha value is -4.28. The fourth-order valence-electron chi connectivity index (χ4n) is 11.8. The summed E-state index contributed by atoms with van der Waals surface area (Å²) in [4.78, 5) is 73.3. The smallest absolute Gasteiger partial charge is 0.462 e. The Labute approximate surface area is 658 Å². The zero-order chi connectivity index (χ0) is 78.9. The number of phosphoric acid groups is 2. The first-order chi connectivity index (χ1) is 52.7. The summed E-state index contributed by atoms with van der Waals surface area (Å²) in [5, 5.41) is 10.7. The van der Waals surface area contributed by atoms with Crippen LogP contribution in [0.4, 0.5) is 0 Å². The van der Waals surface area contributed by atoms with Gasteiger partial charge in [-0.15, -0.1) is 0 Å². The van der Waals surface area contributed by atoms with E-state index in [2.05, 4.69) is 137 Å². The van der Waals surface area contributed by atoms with Gasteiger partial charge in [0.2, 0.25) is 0 Å². The number of carbonyl (C=O) groups excluding carboxylic acids is 4. The molecular weight excluding hydrogens is 1400 g/mol. The molecule has 624 valence electrons. The molecule has 0 amide bonds. The highest BCUT2D eigenvalue weighted by Gasteiger charge is 2.30. The zero-order valence-electron chi connectivity index (χ0n) is 68.5. The average molecular weight is 1560 g/mol. The van der Waals surface area contributed by atoms with Crippen molar-refractivity contribution in [2.45, 2.75) is 393 Å². The predicted octanol–water partition coefficient (Wildman–Crippen LogP) is 25.7. The Bertz CT molecular complexity index is 2470. The third kappa shape index (κ3) is 79.8. The fourth-order valence-corrected chi connectivity index (χ4v) is 13.3. The Balaban J connectivity index is 5.38. The second kappa shape index (κ2) is 80.8. The van der Waals surface area contributed by atoms with E-state index in [0.717, 1.165) is 167 Å². The average Bonchev–Trinajstić information content (AvgIpc) is 0.923. The van der Waals surface area contributed by atoms with Crippen LogP contribution in [0.25, 0.3) is 0 Å². The molecule has 0 aromatic heterocycles. The van der Waals surface area contributed by atoms with Crippen molar-refractivity contribution in [3.05, 3.63) is 109 Å². The number of aliphatic hydroxyl groups excluding tert-OH is 1. The van der Waals surface area contributed by atoms with Crippen LogP contribution in [0.2, 0.25) is 0 Å². The van der Waals surface area contributed by atoms with Crippen molar-refractivity contribution in [3.8, 4) is 0 Å². The second-order valence-corrected chi connectivity index (χ2v) is 31.6. The lowest BCUT2D eigenvalue weighted by molar-refractivity contribution is -0.161. The minimum absolute atomic E-state index is 0.0905. The van der Waals surface area contributed by atoms with Crippen molar-refractivity contribution in [2.75, 3.05) is 39.6 Å². The van der Waals surface area contributed by atoms with Crippen LogP contribution in [-0.2, 0) is 65.4 Å². The van der Waals surface area contributed by atoms with E-state index in [9.17, 15) is 43.2 Å². The molecule has 0 heterocycles. The minimum Gasteiger partial charge on any atom is -0.462 e. The largest absolute Gasteiger partial charge is 0.472 e. The van der Waals surface area contributed by atoms with Gasteiger partial charge in [-0.05, 0) is 109 Å². The number of esters is 4. The number of allylic oxidation sites excluding steroid dienone is 18. The number of phosphoric ester groups is 2.